The molecule has 0 aromatic heterocycles. The van der Waals surface area contributed by atoms with Crippen LogP contribution in [0, 0.1) is 25.2 Å². The van der Waals surface area contributed by atoms with E-state index < -0.39 is 0 Å². The van der Waals surface area contributed by atoms with Gasteiger partial charge in [0.1, 0.15) is 0 Å². The van der Waals surface area contributed by atoms with Gasteiger partial charge in [0.2, 0.25) is 0 Å². The zero-order chi connectivity index (χ0) is 8.43. The second-order valence-corrected chi connectivity index (χ2v) is 3.19. The molecule has 1 aliphatic heterocycles. The molecule has 0 amide bonds. The van der Waals surface area contributed by atoms with Crippen LogP contribution in [0.15, 0.2) is 0 Å². The van der Waals surface area contributed by atoms with Gasteiger partial charge in [0.05, 0.1) is 0 Å². The molecule has 0 saturated carbocycles. The SMILES string of the molecule is [CH2-]C1O[C@@H](OC)[CH-][C@@H](C)[C@H]1C.[W].[W].[W].[Y].[Y].[Y]. The summed E-state index contributed by atoms with van der Waals surface area (Å²) in [4.78, 5) is 0. The van der Waals surface area contributed by atoms with Gasteiger partial charge in [-0.25, -0.2) is 0 Å². The van der Waals surface area contributed by atoms with Crippen molar-refractivity contribution in [3.8, 4) is 0 Å². The van der Waals surface area contributed by atoms with Crippen LogP contribution in [-0.2, 0) is 171 Å². The van der Waals surface area contributed by atoms with Crippen LogP contribution in [0.3, 0.4) is 0 Å². The van der Waals surface area contributed by atoms with E-state index in [0.29, 0.717) is 11.8 Å². The van der Waals surface area contributed by atoms with Gasteiger partial charge in [-0.15, -0.1) is 0 Å². The third-order valence-electron chi connectivity index (χ3n) is 2.42. The Kier molecular flexibility index (Phi) is 47.7. The molecule has 1 heterocycles. The van der Waals surface area contributed by atoms with E-state index in [1.807, 2.05) is 0 Å². The Morgan fingerprint density at radius 3 is 1.76 bits per heavy atom. The van der Waals surface area contributed by atoms with E-state index in [9.17, 15) is 0 Å². The zero-order valence-electron chi connectivity index (χ0n) is 10.4. The predicted molar refractivity (Wildman–Crippen MR) is 43.7 cm³/mol. The minimum Gasteiger partial charge on any atom is -0.412 e. The van der Waals surface area contributed by atoms with Gasteiger partial charge in [0.25, 0.3) is 0 Å². The van der Waals surface area contributed by atoms with Gasteiger partial charge in [0.15, 0.2) is 0 Å². The summed E-state index contributed by atoms with van der Waals surface area (Å²) in [5.41, 5.74) is 0. The van der Waals surface area contributed by atoms with E-state index in [2.05, 4.69) is 27.2 Å². The van der Waals surface area contributed by atoms with Crippen molar-refractivity contribution < 1.29 is 171 Å². The molecule has 0 aromatic rings. The van der Waals surface area contributed by atoms with Crippen LogP contribution >= 0.6 is 0 Å². The first-order chi connectivity index (χ1) is 5.15. The maximum absolute atomic E-state index is 5.43. The Hall–Kier alpha value is 5.30. The fourth-order valence-electron chi connectivity index (χ4n) is 1.24. The summed E-state index contributed by atoms with van der Waals surface area (Å²) in [6.45, 7) is 8.21. The van der Waals surface area contributed by atoms with Crippen molar-refractivity contribution in [1.29, 1.82) is 0 Å². The van der Waals surface area contributed by atoms with Gasteiger partial charge in [-0.1, -0.05) is 25.9 Å². The third kappa shape index (κ3) is 14.6. The van der Waals surface area contributed by atoms with Crippen LogP contribution in [0.2, 0.25) is 0 Å². The summed E-state index contributed by atoms with van der Waals surface area (Å²) in [6, 6.07) is 0. The van der Waals surface area contributed by atoms with Gasteiger partial charge in [-0.05, 0) is 0 Å². The molecule has 1 saturated heterocycles. The van der Waals surface area contributed by atoms with E-state index in [-0.39, 0.29) is 174 Å². The molecule has 0 aliphatic carbocycles. The summed E-state index contributed by atoms with van der Waals surface area (Å²) >= 11 is 0. The van der Waals surface area contributed by atoms with Crippen LogP contribution in [0.5, 0.6) is 0 Å². The molecule has 4 atom stereocenters. The standard InChI is InChI=1S/C9H16O2.3W.3Y/c1-6-5-9(10-4)11-8(3)7(6)2;;;;;;/h5-9H,3H2,1-2,4H3;;;;;;/q-2;;;;;;/t6-,7-,8?,9-;;;;;;/m1....../s1. The molecule has 17 heavy (non-hydrogen) atoms. The molecule has 3 radical (unpaired) electrons. The van der Waals surface area contributed by atoms with Gasteiger partial charge in [-0.3, -0.25) is 6.42 Å². The normalized spacial score (nSPS) is 29.6. The first kappa shape index (κ1) is 38.1. The second-order valence-electron chi connectivity index (χ2n) is 3.19. The van der Waals surface area contributed by atoms with E-state index in [4.69, 9.17) is 9.47 Å². The average Bonchev–Trinajstić information content (AvgIpc) is 1.99. The molecule has 1 aliphatic rings. The Labute approximate surface area is 224 Å². The van der Waals surface area contributed by atoms with E-state index >= 15 is 0 Å². The first-order valence-corrected chi connectivity index (χ1v) is 4.01. The maximum atomic E-state index is 5.43. The molecule has 2 nitrogen and oxygen atoms in total. The van der Waals surface area contributed by atoms with Crippen molar-refractivity contribution in [2.45, 2.75) is 26.2 Å². The molecule has 0 N–H and O–H groups in total. The summed E-state index contributed by atoms with van der Waals surface area (Å²) in [5.74, 6) is 1.01. The molecular formula is C9H16O2W3Y3-2. The number of ether oxygens (including phenoxy) is 2. The molecule has 8 heteroatoms. The summed E-state index contributed by atoms with van der Waals surface area (Å²) in [7, 11) is 1.65. The quantitative estimate of drug-likeness (QED) is 0.373. The minimum absolute atomic E-state index is 0. The fourth-order valence-corrected chi connectivity index (χ4v) is 1.24. The maximum Gasteiger partial charge on any atom is 0.0353 e. The molecule has 93 valence electrons. The van der Waals surface area contributed by atoms with Crippen LogP contribution in [-0.4, -0.2) is 19.5 Å². The molecule has 0 aromatic carbocycles. The molecule has 0 spiro atoms. The largest absolute Gasteiger partial charge is 0.412 e. The number of hydrogen-bond donors (Lipinski definition) is 0. The van der Waals surface area contributed by atoms with Crippen molar-refractivity contribution in [3.05, 3.63) is 13.3 Å². The minimum atomic E-state index is -0.163. The summed E-state index contributed by atoms with van der Waals surface area (Å²) in [5, 5.41) is 0. The van der Waals surface area contributed by atoms with Crippen molar-refractivity contribution in [2.75, 3.05) is 7.11 Å². The summed E-state index contributed by atoms with van der Waals surface area (Å²) in [6.07, 6.45) is 1.97. The smallest absolute Gasteiger partial charge is 0.0353 e. The van der Waals surface area contributed by atoms with E-state index in [1.54, 1.807) is 7.11 Å². The van der Waals surface area contributed by atoms with Crippen LogP contribution in [0.4, 0.5) is 0 Å². The summed E-state index contributed by atoms with van der Waals surface area (Å²) < 4.78 is 10.5. The molecular weight excluding hydrogens is 958 g/mol. The Bertz CT molecular complexity index is 135. The monoisotopic (exact) mass is 975 g/mol. The molecule has 1 fully saturated rings. The van der Waals surface area contributed by atoms with Crippen molar-refractivity contribution in [1.82, 2.24) is 0 Å². The van der Waals surface area contributed by atoms with E-state index in [0.717, 1.165) is 0 Å². The second kappa shape index (κ2) is 21.3. The number of hydrogen-bond acceptors (Lipinski definition) is 2. The number of methoxy groups -OCH3 is 1. The topological polar surface area (TPSA) is 18.5 Å². The first-order valence-electron chi connectivity index (χ1n) is 4.01. The Balaban J connectivity index is -0.0000000504. The van der Waals surface area contributed by atoms with Gasteiger partial charge in [0, 0.05) is 175 Å². The van der Waals surface area contributed by atoms with E-state index in [1.165, 1.54) is 0 Å². The van der Waals surface area contributed by atoms with Crippen molar-refractivity contribution in [3.63, 3.8) is 0 Å². The predicted octanol–water partition coefficient (Wildman–Crippen LogP) is 1.65. The Morgan fingerprint density at radius 1 is 1.06 bits per heavy atom. The van der Waals surface area contributed by atoms with Crippen LogP contribution < -0.4 is 0 Å². The third-order valence-corrected chi connectivity index (χ3v) is 2.42. The fraction of sp³-hybridized carbons (Fsp3) is 0.778. The zero-order valence-corrected chi connectivity index (χ0v) is 27.7. The Morgan fingerprint density at radius 2 is 1.47 bits per heavy atom. The van der Waals surface area contributed by atoms with Crippen molar-refractivity contribution in [2.24, 2.45) is 11.8 Å². The van der Waals surface area contributed by atoms with Crippen LogP contribution in [0.1, 0.15) is 13.8 Å². The molecule has 0 bridgehead atoms. The van der Waals surface area contributed by atoms with Crippen molar-refractivity contribution >= 4 is 0 Å². The van der Waals surface area contributed by atoms with Crippen LogP contribution in [0.25, 0.3) is 0 Å². The number of rotatable bonds is 1. The molecule has 1 unspecified atom stereocenters. The average molecular weight is 974 g/mol. The van der Waals surface area contributed by atoms with Gasteiger partial charge in [-0.2, -0.15) is 5.92 Å². The molecule has 1 rings (SSSR count). The van der Waals surface area contributed by atoms with Gasteiger partial charge < -0.3 is 16.4 Å². The van der Waals surface area contributed by atoms with Gasteiger partial charge >= 0.3 is 0 Å².